The van der Waals surface area contributed by atoms with Gasteiger partial charge in [-0.3, -0.25) is 39.0 Å². The molecule has 642 valence electrons. The molecule has 7 aromatic carbocycles. The number of benzene rings is 9. The number of nitrogens with zero attached hydrogens (tertiary/aromatic N) is 6. The molecule has 4 heterocycles. The van der Waals surface area contributed by atoms with Crippen LogP contribution in [0, 0.1) is 0 Å². The van der Waals surface area contributed by atoms with Crippen LogP contribution in [0.4, 0.5) is 22.7 Å². The SMILES string of the molecule is C=CC(C)=O.C=CN(CC)c1ccc2c(-c3ccccc3C(=O)O)c3ccc(=[N+](CC)CCOC(C)=O)cc-3oc2c1.C=CN(CC)c1ccc2c(-c3ccccc3C(=O)[O-])c3ccc(=[N+](CC)CCOC(C)=O)cc-3oc2c1.CC(=O)O.CC(=O)O.CCN(O)c1ccc2c(c1)Oc1cc(N(CC)CCOC(C)=O)ccc1C21OC(=O)c2ccccc21. The molecule has 123 heavy (non-hydrogen) atoms. The third-order valence-electron chi connectivity index (χ3n) is 19.8. The second-order valence-electron chi connectivity index (χ2n) is 27.7. The molecule has 2 aliphatic carbocycles. The standard InChI is InChI=1S/2C30H30N2O5.C28H28N2O6.C4H6O.2C2H4O2/c2*1-5-31(6-2)21-12-14-25-27(18-21)37-28-19-22(32(7-3)16-17-36-20(4)33)13-15-26(28)29(25)23-10-8-9-11-24(23)30(34)35;1-4-29(14-15-34-18(3)31)19-10-12-23-25(16-19)35-26-17-20(30(33)5-2)11-13-24(26)28(23)22-9-7-6-8-21(22)27(32)36-28;1-3-4(2)5;2*1-2(3)4/h2*5,8-15,18-19H,1,6-7,16-17H2,2-4H3;6-13,16-17,33H,4-5,14-15H2,1-3H3;3H,1H2,2H3;2*1H3,(H,3,4)/p+1. The van der Waals surface area contributed by atoms with Crippen LogP contribution in [0.25, 0.3) is 66.8 Å². The van der Waals surface area contributed by atoms with Gasteiger partial charge in [0.05, 0.1) is 41.5 Å². The highest BCUT2D eigenvalue weighted by Crippen LogP contribution is 2.57. The first kappa shape index (κ1) is 94.0. The first-order valence-corrected chi connectivity index (χ1v) is 39.9. The number of ketones is 1. The van der Waals surface area contributed by atoms with Crippen LogP contribution in [0.3, 0.4) is 0 Å². The summed E-state index contributed by atoms with van der Waals surface area (Å²) in [5.74, 6) is -2.93. The van der Waals surface area contributed by atoms with Crippen LogP contribution in [0.2, 0.25) is 0 Å². The predicted octanol–water partition coefficient (Wildman–Crippen LogP) is 14.9. The third kappa shape index (κ3) is 23.1. The van der Waals surface area contributed by atoms with Crippen LogP contribution in [-0.2, 0) is 53.3 Å². The molecule has 27 nitrogen and oxygen atoms in total. The Hall–Kier alpha value is -14.5. The van der Waals surface area contributed by atoms with Crippen LogP contribution >= 0.6 is 0 Å². The summed E-state index contributed by atoms with van der Waals surface area (Å²) in [7, 11) is 0. The van der Waals surface area contributed by atoms with E-state index < -0.39 is 35.4 Å². The predicted molar refractivity (Wildman–Crippen MR) is 470 cm³/mol. The van der Waals surface area contributed by atoms with Crippen molar-refractivity contribution < 1.29 is 101 Å². The van der Waals surface area contributed by atoms with E-state index in [0.29, 0.717) is 108 Å². The summed E-state index contributed by atoms with van der Waals surface area (Å²) in [5.41, 5.74) is 10.7. The fourth-order valence-electron chi connectivity index (χ4n) is 14.2. The van der Waals surface area contributed by atoms with Crippen molar-refractivity contribution in [3.8, 4) is 56.4 Å². The van der Waals surface area contributed by atoms with E-state index in [-0.39, 0.29) is 54.6 Å². The maximum atomic E-state index is 13.0. The number of hydrogen-bond donors (Lipinski definition) is 4. The minimum absolute atomic E-state index is 0.0185. The number of anilines is 4. The Balaban J connectivity index is 0.000000213. The fraction of sp³-hybridized carbons (Fsp3) is 0.260. The second-order valence-corrected chi connectivity index (χ2v) is 27.7. The Labute approximate surface area is 713 Å². The molecule has 0 amide bonds. The Morgan fingerprint density at radius 3 is 1.30 bits per heavy atom. The summed E-state index contributed by atoms with van der Waals surface area (Å²) in [6.07, 6.45) is 4.80. The van der Waals surface area contributed by atoms with Crippen molar-refractivity contribution in [3.05, 3.63) is 264 Å². The molecular weight excluding hydrogens is 1570 g/mol. The third-order valence-corrected chi connectivity index (χ3v) is 19.8. The number of hydrogen-bond acceptors (Lipinski definition) is 22. The van der Waals surface area contributed by atoms with E-state index in [9.17, 15) is 49.0 Å². The van der Waals surface area contributed by atoms with Gasteiger partial charge in [-0.1, -0.05) is 80.4 Å². The van der Waals surface area contributed by atoms with E-state index in [1.165, 1.54) is 33.8 Å². The van der Waals surface area contributed by atoms with Crippen molar-refractivity contribution in [2.45, 2.75) is 88.7 Å². The fourth-order valence-corrected chi connectivity index (χ4v) is 14.2. The molecule has 7 aromatic rings. The number of rotatable bonds is 26. The number of carboxylic acids is 4. The molecule has 13 rings (SSSR count). The number of aromatic carboxylic acids is 2. The van der Waals surface area contributed by atoms with Crippen molar-refractivity contribution in [1.82, 2.24) is 9.15 Å². The summed E-state index contributed by atoms with van der Waals surface area (Å²) < 4.78 is 45.0. The van der Waals surface area contributed by atoms with Crippen LogP contribution in [0.15, 0.2) is 229 Å². The minimum Gasteiger partial charge on any atom is -0.545 e. The molecule has 4 N–H and O–H groups in total. The zero-order chi connectivity index (χ0) is 89.9. The number of likely N-dealkylation sites (N-methyl/N-ethyl adjacent to an activating group) is 3. The van der Waals surface area contributed by atoms with Gasteiger partial charge in [-0.2, -0.15) is 0 Å². The summed E-state index contributed by atoms with van der Waals surface area (Å²) in [6.45, 7) is 37.2. The molecule has 1 atom stereocenters. The maximum absolute atomic E-state index is 13.0. The number of ether oxygens (including phenoxy) is 5. The first-order valence-electron chi connectivity index (χ1n) is 39.9. The normalized spacial score (nSPS) is 12.8. The summed E-state index contributed by atoms with van der Waals surface area (Å²) in [5, 5.41) is 51.7. The first-order chi connectivity index (χ1) is 58.9. The summed E-state index contributed by atoms with van der Waals surface area (Å²) in [4.78, 5) is 105. The highest BCUT2D eigenvalue weighted by molar-refractivity contribution is 6.09. The lowest BCUT2D eigenvalue weighted by molar-refractivity contribution is -0.255. The Bertz CT molecular complexity index is 5590. The van der Waals surface area contributed by atoms with Crippen molar-refractivity contribution in [3.63, 3.8) is 0 Å². The Kier molecular flexibility index (Phi) is 33.6. The second kappa shape index (κ2) is 44.0. The Morgan fingerprint density at radius 1 is 0.472 bits per heavy atom. The average molecular weight is 1680 g/mol. The molecule has 0 aromatic heterocycles. The number of carbonyl (C=O) groups is 9. The van der Waals surface area contributed by atoms with Crippen molar-refractivity contribution in [2.24, 2.45) is 0 Å². The van der Waals surface area contributed by atoms with Gasteiger partial charge in [0.1, 0.15) is 67.1 Å². The van der Waals surface area contributed by atoms with E-state index in [2.05, 4.69) is 33.8 Å². The van der Waals surface area contributed by atoms with Gasteiger partial charge in [-0.05, 0) is 151 Å². The minimum atomic E-state index is -1.24. The molecule has 1 unspecified atom stereocenters. The van der Waals surface area contributed by atoms with Gasteiger partial charge in [-0.25, -0.2) is 18.7 Å². The molecule has 4 aliphatic heterocycles. The van der Waals surface area contributed by atoms with Crippen LogP contribution in [-0.4, -0.2) is 153 Å². The number of aliphatic carboxylic acids is 2. The number of allylic oxidation sites excluding steroid dienone is 1. The van der Waals surface area contributed by atoms with Crippen molar-refractivity contribution in [2.75, 3.05) is 98.5 Å². The lowest BCUT2D eigenvalue weighted by Gasteiger charge is -2.37. The zero-order valence-corrected chi connectivity index (χ0v) is 71.1. The van der Waals surface area contributed by atoms with E-state index in [1.54, 1.807) is 60.9 Å². The molecule has 0 fully saturated rings. The maximum Gasteiger partial charge on any atom is 0.340 e. The van der Waals surface area contributed by atoms with Gasteiger partial charge in [0.25, 0.3) is 11.9 Å². The van der Waals surface area contributed by atoms with Gasteiger partial charge in [0.2, 0.25) is 10.7 Å². The molecule has 0 saturated carbocycles. The van der Waals surface area contributed by atoms with Crippen LogP contribution < -0.4 is 49.5 Å². The molecule has 0 radical (unpaired) electrons. The van der Waals surface area contributed by atoms with E-state index in [0.717, 1.165) is 104 Å². The quantitative estimate of drug-likeness (QED) is 0.00977. The van der Waals surface area contributed by atoms with Gasteiger partial charge in [0, 0.05) is 170 Å². The van der Waals surface area contributed by atoms with Gasteiger partial charge in [0.15, 0.2) is 24.5 Å². The van der Waals surface area contributed by atoms with E-state index >= 15 is 0 Å². The zero-order valence-electron chi connectivity index (χ0n) is 71.1. The van der Waals surface area contributed by atoms with Gasteiger partial charge in [-0.15, -0.1) is 0 Å². The van der Waals surface area contributed by atoms with Crippen molar-refractivity contribution >= 4 is 98.2 Å². The number of fused-ring (bicyclic) bond motifs is 10. The highest BCUT2D eigenvalue weighted by atomic mass is 16.6. The van der Waals surface area contributed by atoms with Gasteiger partial charge < -0.3 is 72.4 Å². The molecule has 0 bridgehead atoms. The van der Waals surface area contributed by atoms with Gasteiger partial charge >= 0.3 is 29.8 Å². The smallest absolute Gasteiger partial charge is 0.340 e. The van der Waals surface area contributed by atoms with E-state index in [4.69, 9.17) is 52.3 Å². The number of esters is 4. The lowest BCUT2D eigenvalue weighted by atomic mass is 9.77. The molecular formula is C96H103N6O21+. The van der Waals surface area contributed by atoms with Crippen LogP contribution in [0.5, 0.6) is 11.5 Å². The molecule has 1 spiro atoms. The Morgan fingerprint density at radius 2 is 0.886 bits per heavy atom. The van der Waals surface area contributed by atoms with E-state index in [1.807, 2.05) is 185 Å². The monoisotopic (exact) mass is 1680 g/mol. The molecule has 6 aliphatic rings. The molecule has 27 heteroatoms. The number of carbonyl (C=O) groups excluding carboxylic acids is 6. The van der Waals surface area contributed by atoms with Crippen LogP contribution in [0.1, 0.15) is 131 Å². The van der Waals surface area contributed by atoms with Crippen molar-refractivity contribution in [1.29, 1.82) is 0 Å². The topological polar surface area (TPSA) is 349 Å². The number of hydroxylamine groups is 1. The average Bonchev–Trinajstić information content (AvgIpc) is 1.67. The summed E-state index contributed by atoms with van der Waals surface area (Å²) in [6, 6.07) is 56.0. The largest absolute Gasteiger partial charge is 0.545 e. The summed E-state index contributed by atoms with van der Waals surface area (Å²) >= 11 is 0. The highest BCUT2D eigenvalue weighted by Gasteiger charge is 2.53. The lowest BCUT2D eigenvalue weighted by Crippen LogP contribution is -2.33. The molecule has 0 saturated heterocycles. The number of carboxylic acid groups (broad SMARTS) is 4.